The molecule has 0 radical (unpaired) electrons. The maximum Gasteiger partial charge on any atom is 0.233 e. The van der Waals surface area contributed by atoms with Crippen molar-refractivity contribution < 1.29 is 15.0 Å². The van der Waals surface area contributed by atoms with Gasteiger partial charge in [-0.25, -0.2) is 0 Å². The minimum Gasteiger partial charge on any atom is -0.390 e. The summed E-state index contributed by atoms with van der Waals surface area (Å²) in [6.45, 7) is 6.61. The molecule has 168 valence electrons. The molecule has 9 atom stereocenters. The summed E-state index contributed by atoms with van der Waals surface area (Å²) in [6, 6.07) is 0.284. The average Bonchev–Trinajstić information content (AvgIpc) is 2.94. The maximum atomic E-state index is 11.7. The number of hydrogen-bond donors (Lipinski definition) is 4. The van der Waals surface area contributed by atoms with E-state index in [1.165, 1.54) is 25.7 Å². The molecular formula is C23H41ClN2O3. The summed E-state index contributed by atoms with van der Waals surface area (Å²) in [5, 5.41) is 24.9. The molecule has 0 heterocycles. The van der Waals surface area contributed by atoms with E-state index >= 15 is 0 Å². The van der Waals surface area contributed by atoms with Gasteiger partial charge < -0.3 is 21.3 Å². The Bertz CT molecular complexity index is 631. The Hall–Kier alpha value is -0.360. The number of amides is 1. The zero-order valence-corrected chi connectivity index (χ0v) is 19.1. The van der Waals surface area contributed by atoms with Crippen LogP contribution in [0.25, 0.3) is 0 Å². The Labute approximate surface area is 182 Å². The van der Waals surface area contributed by atoms with Gasteiger partial charge in [0.25, 0.3) is 0 Å². The normalized spacial score (nSPS) is 49.8. The second kappa shape index (κ2) is 7.96. The summed E-state index contributed by atoms with van der Waals surface area (Å²) < 4.78 is 0. The van der Waals surface area contributed by atoms with Crippen molar-refractivity contribution >= 4 is 18.3 Å². The molecule has 4 aliphatic rings. The summed E-state index contributed by atoms with van der Waals surface area (Å²) in [4.78, 5) is 11.7. The van der Waals surface area contributed by atoms with Crippen molar-refractivity contribution in [2.24, 2.45) is 40.2 Å². The molecule has 4 aliphatic carbocycles. The van der Waals surface area contributed by atoms with E-state index in [0.29, 0.717) is 29.1 Å². The van der Waals surface area contributed by atoms with Crippen LogP contribution in [0.5, 0.6) is 0 Å². The van der Waals surface area contributed by atoms with Gasteiger partial charge in [-0.2, -0.15) is 0 Å². The minimum atomic E-state index is -0.926. The quantitative estimate of drug-likeness (QED) is 0.555. The highest BCUT2D eigenvalue weighted by atomic mass is 35.5. The van der Waals surface area contributed by atoms with Crippen LogP contribution in [-0.4, -0.2) is 40.4 Å². The first-order valence-electron chi connectivity index (χ1n) is 11.6. The molecule has 5 N–H and O–H groups in total. The van der Waals surface area contributed by atoms with E-state index in [1.807, 2.05) is 0 Å². The first-order chi connectivity index (χ1) is 13.2. The van der Waals surface area contributed by atoms with Crippen LogP contribution >= 0.6 is 12.4 Å². The van der Waals surface area contributed by atoms with E-state index < -0.39 is 11.7 Å². The molecule has 0 aromatic carbocycles. The van der Waals surface area contributed by atoms with Gasteiger partial charge in [0, 0.05) is 11.5 Å². The highest BCUT2D eigenvalue weighted by Crippen LogP contribution is 2.68. The van der Waals surface area contributed by atoms with Crippen LogP contribution in [0.1, 0.15) is 78.6 Å². The largest absolute Gasteiger partial charge is 0.390 e. The zero-order valence-electron chi connectivity index (χ0n) is 18.3. The molecular weight excluding hydrogens is 388 g/mol. The molecule has 4 saturated carbocycles. The minimum absolute atomic E-state index is 0. The Morgan fingerprint density at radius 1 is 1.10 bits per heavy atom. The van der Waals surface area contributed by atoms with Gasteiger partial charge in [0.05, 0.1) is 18.2 Å². The molecule has 0 saturated heterocycles. The van der Waals surface area contributed by atoms with Crippen molar-refractivity contribution in [1.29, 1.82) is 0 Å². The number of halogens is 1. The number of fused-ring (bicyclic) bond motifs is 5. The van der Waals surface area contributed by atoms with E-state index in [-0.39, 0.29) is 36.3 Å². The van der Waals surface area contributed by atoms with Crippen LogP contribution < -0.4 is 11.1 Å². The number of aliphatic hydroxyl groups excluding tert-OH is 1. The second-order valence-corrected chi connectivity index (χ2v) is 11.0. The smallest absolute Gasteiger partial charge is 0.233 e. The molecule has 5 nitrogen and oxygen atoms in total. The van der Waals surface area contributed by atoms with Crippen LogP contribution in [0.3, 0.4) is 0 Å². The summed E-state index contributed by atoms with van der Waals surface area (Å²) in [7, 11) is 0. The van der Waals surface area contributed by atoms with Crippen molar-refractivity contribution in [2.75, 3.05) is 6.54 Å². The van der Waals surface area contributed by atoms with Crippen LogP contribution in [0.2, 0.25) is 0 Å². The fourth-order valence-electron chi connectivity index (χ4n) is 8.41. The number of carbonyl (C=O) groups excluding carboxylic acids is 1. The monoisotopic (exact) mass is 428 g/mol. The Balaban J connectivity index is 0.00000240. The predicted molar refractivity (Wildman–Crippen MR) is 117 cm³/mol. The predicted octanol–water partition coefficient (Wildman–Crippen LogP) is 3.01. The number of nitrogens with one attached hydrogen (secondary N) is 1. The first kappa shape index (κ1) is 23.3. The van der Waals surface area contributed by atoms with E-state index in [1.54, 1.807) is 6.92 Å². The van der Waals surface area contributed by atoms with Gasteiger partial charge in [-0.3, -0.25) is 4.79 Å². The lowest BCUT2D eigenvalue weighted by Gasteiger charge is -2.62. The summed E-state index contributed by atoms with van der Waals surface area (Å²) in [5.74, 6) is 2.55. The van der Waals surface area contributed by atoms with Gasteiger partial charge in [-0.05, 0) is 93.8 Å². The lowest BCUT2D eigenvalue weighted by Crippen LogP contribution is -2.59. The van der Waals surface area contributed by atoms with Gasteiger partial charge in [0.2, 0.25) is 5.91 Å². The van der Waals surface area contributed by atoms with Gasteiger partial charge in [0.1, 0.15) is 0 Å². The average molecular weight is 429 g/mol. The molecule has 29 heavy (non-hydrogen) atoms. The molecule has 0 aromatic heterocycles. The van der Waals surface area contributed by atoms with Gasteiger partial charge in [-0.1, -0.05) is 13.8 Å². The third-order valence-corrected chi connectivity index (χ3v) is 10.1. The van der Waals surface area contributed by atoms with Crippen LogP contribution in [0.4, 0.5) is 0 Å². The molecule has 4 rings (SSSR count). The first-order valence-corrected chi connectivity index (χ1v) is 11.6. The summed E-state index contributed by atoms with van der Waals surface area (Å²) in [5.41, 5.74) is 4.76. The Morgan fingerprint density at radius 3 is 2.45 bits per heavy atom. The molecule has 1 amide bonds. The molecule has 4 fully saturated rings. The molecule has 0 aliphatic heterocycles. The van der Waals surface area contributed by atoms with Crippen molar-refractivity contribution in [1.82, 2.24) is 5.32 Å². The third-order valence-electron chi connectivity index (χ3n) is 10.1. The Morgan fingerprint density at radius 2 is 1.79 bits per heavy atom. The van der Waals surface area contributed by atoms with Crippen molar-refractivity contribution in [2.45, 2.75) is 96.3 Å². The SMILES string of the molecule is C[C@H](O)[C@@]1(O)CCC2C3CC[C@H]4C[C@H](NC(=O)CN)CC[C@]4(C)C3CC[C@@]21C.Cl. The maximum absolute atomic E-state index is 11.7. The topological polar surface area (TPSA) is 95.6 Å². The van der Waals surface area contributed by atoms with Crippen LogP contribution in [-0.2, 0) is 4.79 Å². The zero-order chi connectivity index (χ0) is 20.3. The lowest BCUT2D eigenvalue weighted by atomic mass is 9.44. The fraction of sp³-hybridized carbons (Fsp3) is 0.957. The number of nitrogens with two attached hydrogens (primary N) is 1. The molecule has 3 unspecified atom stereocenters. The van der Waals surface area contributed by atoms with Crippen molar-refractivity contribution in [3.05, 3.63) is 0 Å². The molecule has 6 heteroatoms. The second-order valence-electron chi connectivity index (χ2n) is 11.0. The molecule has 0 bridgehead atoms. The number of hydrogen-bond acceptors (Lipinski definition) is 4. The molecule has 0 spiro atoms. The fourth-order valence-corrected chi connectivity index (χ4v) is 8.41. The van der Waals surface area contributed by atoms with E-state index in [0.717, 1.165) is 32.1 Å². The van der Waals surface area contributed by atoms with Gasteiger partial charge in [-0.15, -0.1) is 12.4 Å². The number of rotatable bonds is 3. The van der Waals surface area contributed by atoms with Crippen molar-refractivity contribution in [3.63, 3.8) is 0 Å². The third kappa shape index (κ3) is 3.35. The number of aliphatic hydroxyl groups is 2. The highest BCUT2D eigenvalue weighted by Gasteiger charge is 2.65. The summed E-state index contributed by atoms with van der Waals surface area (Å²) in [6.07, 6.45) is 9.11. The summed E-state index contributed by atoms with van der Waals surface area (Å²) >= 11 is 0. The van der Waals surface area contributed by atoms with E-state index in [9.17, 15) is 15.0 Å². The van der Waals surface area contributed by atoms with E-state index in [2.05, 4.69) is 19.2 Å². The van der Waals surface area contributed by atoms with Crippen LogP contribution in [0.15, 0.2) is 0 Å². The van der Waals surface area contributed by atoms with Crippen LogP contribution in [0, 0.1) is 34.5 Å². The standard InChI is InChI=1S/C23H40N2O3.ClH/c1-14(26)23(28)11-8-19-17-5-4-15-12-16(25-20(27)13-24)6-9-21(15,2)18(17)7-10-22(19,23)3;/h14-19,26,28H,4-13,24H2,1-3H3,(H,25,27);1H/t14-,15-,16+,17?,18?,19?,21-,22-,23-;/m0./s1. The molecule has 0 aromatic rings. The van der Waals surface area contributed by atoms with E-state index in [4.69, 9.17) is 5.73 Å². The van der Waals surface area contributed by atoms with Gasteiger partial charge in [0.15, 0.2) is 0 Å². The van der Waals surface area contributed by atoms with Gasteiger partial charge >= 0.3 is 0 Å². The lowest BCUT2D eigenvalue weighted by molar-refractivity contribution is -0.184. The van der Waals surface area contributed by atoms with Crippen molar-refractivity contribution in [3.8, 4) is 0 Å². The highest BCUT2D eigenvalue weighted by molar-refractivity contribution is 5.85. The Kier molecular flexibility index (Phi) is 6.40. The number of carbonyl (C=O) groups is 1.